The Balaban J connectivity index is 0.00000156. The van der Waals surface area contributed by atoms with Gasteiger partial charge in [-0.25, -0.2) is 4.79 Å². The van der Waals surface area contributed by atoms with Gasteiger partial charge in [-0.2, -0.15) is 5.26 Å². The summed E-state index contributed by atoms with van der Waals surface area (Å²) >= 11 is 0. The van der Waals surface area contributed by atoms with Gasteiger partial charge in [0.05, 0.1) is 5.56 Å². The van der Waals surface area contributed by atoms with Crippen molar-refractivity contribution < 1.29 is 40.9 Å². The quantitative estimate of drug-likeness (QED) is 0.682. The minimum absolute atomic E-state index is 0. The van der Waals surface area contributed by atoms with E-state index in [1.54, 1.807) is 22.9 Å². The summed E-state index contributed by atoms with van der Waals surface area (Å²) in [5.74, 6) is -0.727. The fourth-order valence-corrected chi connectivity index (χ4v) is 2.48. The van der Waals surface area contributed by atoms with Gasteiger partial charge < -0.3 is 16.8 Å². The number of hydrogen-bond donors (Lipinski definition) is 2. The van der Waals surface area contributed by atoms with Gasteiger partial charge in [-0.3, -0.25) is 0 Å². The molecule has 0 saturated carbocycles. The maximum Gasteiger partial charge on any atom is 1.00 e. The first kappa shape index (κ1) is 17.8. The van der Waals surface area contributed by atoms with E-state index in [1.807, 2.05) is 30.3 Å². The number of carboxylic acid groups (broad SMARTS) is 1. The summed E-state index contributed by atoms with van der Waals surface area (Å²) in [7, 11) is 0. The number of nitriles is 1. The molecule has 24 heavy (non-hydrogen) atoms. The number of nitrogen functional groups attached to an aromatic ring is 1. The number of rotatable bonds is 3. The van der Waals surface area contributed by atoms with Gasteiger partial charge in [-0.1, -0.05) is 36.4 Å². The van der Waals surface area contributed by atoms with Crippen LogP contribution in [0, 0.1) is 11.3 Å². The summed E-state index contributed by atoms with van der Waals surface area (Å²) in [4.78, 5) is 11.1. The number of carboxylic acids is 1. The van der Waals surface area contributed by atoms with Gasteiger partial charge >= 0.3 is 35.5 Å². The van der Waals surface area contributed by atoms with Crippen molar-refractivity contribution in [1.29, 1.82) is 5.26 Å². The van der Waals surface area contributed by atoms with Crippen LogP contribution in [0.3, 0.4) is 0 Å². The van der Waals surface area contributed by atoms with Crippen molar-refractivity contribution in [3.63, 3.8) is 0 Å². The first-order valence-corrected chi connectivity index (χ1v) is 6.92. The van der Waals surface area contributed by atoms with Crippen LogP contribution < -0.4 is 35.3 Å². The van der Waals surface area contributed by atoms with Crippen LogP contribution in [0.1, 0.15) is 17.3 Å². The Hall–Kier alpha value is -2.52. The third-order valence-corrected chi connectivity index (χ3v) is 3.61. The second kappa shape index (κ2) is 7.37. The van der Waals surface area contributed by atoms with Crippen LogP contribution in [0.5, 0.6) is 0 Å². The van der Waals surface area contributed by atoms with Gasteiger partial charge in [0.2, 0.25) is 0 Å². The standard InChI is InChI=1S/C18H13N3O2.Na.H/c19-10-15-16(12-5-2-1-3-6-12)11-21(17(15)20)14-8-4-7-13(9-14)18(22)23;;/h1-9,11H,20H2,(H,22,23);;/q;+1;-1. The zero-order valence-electron chi connectivity index (χ0n) is 14.1. The maximum atomic E-state index is 11.1. The third kappa shape index (κ3) is 3.22. The Labute approximate surface area is 162 Å². The summed E-state index contributed by atoms with van der Waals surface area (Å²) in [5.41, 5.74) is 8.83. The van der Waals surface area contributed by atoms with Crippen molar-refractivity contribution in [2.75, 3.05) is 5.73 Å². The van der Waals surface area contributed by atoms with E-state index in [-0.39, 0.29) is 42.4 Å². The van der Waals surface area contributed by atoms with Gasteiger partial charge in [0.1, 0.15) is 17.5 Å². The molecule has 3 rings (SSSR count). The predicted octanol–water partition coefficient (Wildman–Crippen LogP) is 0.413. The fourth-order valence-electron chi connectivity index (χ4n) is 2.48. The Morgan fingerprint density at radius 1 is 1.17 bits per heavy atom. The minimum atomic E-state index is -1.01. The number of hydrogen-bond acceptors (Lipinski definition) is 3. The largest absolute Gasteiger partial charge is 1.00 e. The zero-order chi connectivity index (χ0) is 16.4. The van der Waals surface area contributed by atoms with E-state index >= 15 is 0 Å². The molecule has 0 aliphatic carbocycles. The predicted molar refractivity (Wildman–Crippen MR) is 88.4 cm³/mol. The summed E-state index contributed by atoms with van der Waals surface area (Å²) in [6, 6.07) is 18.0. The Morgan fingerprint density at radius 3 is 2.50 bits per heavy atom. The third-order valence-electron chi connectivity index (χ3n) is 3.61. The molecule has 0 spiro atoms. The van der Waals surface area contributed by atoms with E-state index < -0.39 is 5.97 Å². The van der Waals surface area contributed by atoms with Crippen LogP contribution in [0.25, 0.3) is 16.8 Å². The van der Waals surface area contributed by atoms with Gasteiger partial charge in [0.15, 0.2) is 0 Å². The zero-order valence-corrected chi connectivity index (χ0v) is 15.1. The van der Waals surface area contributed by atoms with Gasteiger partial charge in [0.25, 0.3) is 0 Å². The van der Waals surface area contributed by atoms with Crippen molar-refractivity contribution in [2.45, 2.75) is 0 Å². The summed E-state index contributed by atoms with van der Waals surface area (Å²) in [5, 5.41) is 18.5. The molecule has 0 amide bonds. The molecule has 3 aromatic rings. The molecular formula is C18H14N3NaO2. The maximum absolute atomic E-state index is 11.1. The number of aromatic nitrogens is 1. The average molecular weight is 327 g/mol. The van der Waals surface area contributed by atoms with Crippen LogP contribution in [0.2, 0.25) is 0 Å². The molecule has 0 unspecified atom stereocenters. The molecule has 0 aliphatic heterocycles. The van der Waals surface area contributed by atoms with Crippen LogP contribution in [-0.4, -0.2) is 15.6 Å². The van der Waals surface area contributed by atoms with Gasteiger partial charge in [-0.15, -0.1) is 0 Å². The number of benzene rings is 2. The van der Waals surface area contributed by atoms with E-state index in [0.29, 0.717) is 16.8 Å². The molecular weight excluding hydrogens is 313 g/mol. The van der Waals surface area contributed by atoms with Crippen molar-refractivity contribution in [2.24, 2.45) is 0 Å². The summed E-state index contributed by atoms with van der Waals surface area (Å²) in [6.07, 6.45) is 1.75. The second-order valence-corrected chi connectivity index (χ2v) is 5.01. The van der Waals surface area contributed by atoms with Crippen molar-refractivity contribution >= 4 is 11.8 Å². The number of aromatic carboxylic acids is 1. The Bertz CT molecular complexity index is 933. The fraction of sp³-hybridized carbons (Fsp3) is 0. The van der Waals surface area contributed by atoms with Gasteiger partial charge in [0, 0.05) is 17.4 Å². The van der Waals surface area contributed by atoms with E-state index in [0.717, 1.165) is 5.56 Å². The van der Waals surface area contributed by atoms with E-state index in [9.17, 15) is 10.1 Å². The number of anilines is 1. The molecule has 0 radical (unpaired) electrons. The molecule has 0 aliphatic rings. The Kier molecular flexibility index (Phi) is 5.47. The molecule has 1 aromatic heterocycles. The molecule has 0 saturated heterocycles. The molecule has 0 atom stereocenters. The van der Waals surface area contributed by atoms with Crippen LogP contribution in [0.15, 0.2) is 60.8 Å². The molecule has 3 N–H and O–H groups in total. The normalized spacial score (nSPS) is 9.79. The van der Waals surface area contributed by atoms with Crippen molar-refractivity contribution in [3.8, 4) is 22.9 Å². The topological polar surface area (TPSA) is 92.0 Å². The van der Waals surface area contributed by atoms with Crippen molar-refractivity contribution in [1.82, 2.24) is 4.57 Å². The minimum Gasteiger partial charge on any atom is -1.00 e. The van der Waals surface area contributed by atoms with Crippen LogP contribution in [0.4, 0.5) is 5.82 Å². The van der Waals surface area contributed by atoms with Crippen LogP contribution in [-0.2, 0) is 0 Å². The Morgan fingerprint density at radius 2 is 1.88 bits per heavy atom. The van der Waals surface area contributed by atoms with Crippen molar-refractivity contribution in [3.05, 3.63) is 71.9 Å². The molecule has 5 nitrogen and oxygen atoms in total. The molecule has 0 bridgehead atoms. The molecule has 0 fully saturated rings. The smallest absolute Gasteiger partial charge is 1.00 e. The molecule has 2 aromatic carbocycles. The number of nitrogens with zero attached hydrogens (tertiary/aromatic N) is 2. The molecule has 6 heteroatoms. The first-order chi connectivity index (χ1) is 11.1. The second-order valence-electron chi connectivity index (χ2n) is 5.01. The monoisotopic (exact) mass is 327 g/mol. The van der Waals surface area contributed by atoms with Crippen LogP contribution >= 0.6 is 0 Å². The SMILES string of the molecule is N#Cc1c(-c2ccccc2)cn(-c2cccc(C(=O)O)c2)c1N.[H-].[Na+]. The molecule has 1 heterocycles. The molecule has 114 valence electrons. The van der Waals surface area contributed by atoms with E-state index in [1.165, 1.54) is 12.1 Å². The van der Waals surface area contributed by atoms with E-state index in [2.05, 4.69) is 6.07 Å². The number of nitrogens with two attached hydrogens (primary N) is 1. The summed E-state index contributed by atoms with van der Waals surface area (Å²) < 4.78 is 1.63. The average Bonchev–Trinajstić information content (AvgIpc) is 2.92. The van der Waals surface area contributed by atoms with Gasteiger partial charge in [-0.05, 0) is 23.8 Å². The number of carbonyl (C=O) groups is 1. The first-order valence-electron chi connectivity index (χ1n) is 6.92. The summed E-state index contributed by atoms with van der Waals surface area (Å²) in [6.45, 7) is 0. The van der Waals surface area contributed by atoms with E-state index in [4.69, 9.17) is 10.8 Å².